The second-order valence-corrected chi connectivity index (χ2v) is 7.60. The van der Waals surface area contributed by atoms with E-state index in [1.165, 1.54) is 12.3 Å². The van der Waals surface area contributed by atoms with Crippen molar-refractivity contribution in [2.24, 2.45) is 5.92 Å². The molecule has 2 aromatic heterocycles. The van der Waals surface area contributed by atoms with Gasteiger partial charge in [-0.25, -0.2) is 23.7 Å². The Kier molecular flexibility index (Phi) is 7.19. The molecule has 2 aromatic rings. The third-order valence-electron chi connectivity index (χ3n) is 4.84. The number of Topliss-reactive ketones (excluding diaryl/α,β-unsaturated/α-hetero) is 1. The number of nitrogens with zero attached hydrogens (tertiary/aromatic N) is 3. The fourth-order valence-corrected chi connectivity index (χ4v) is 3.42. The molecule has 2 heterocycles. The normalized spacial score (nSPS) is 20.3. The van der Waals surface area contributed by atoms with Gasteiger partial charge in [-0.3, -0.25) is 0 Å². The van der Waals surface area contributed by atoms with Crippen molar-refractivity contribution in [2.45, 2.75) is 58.2 Å². The predicted octanol–water partition coefficient (Wildman–Crippen LogP) is 4.14. The molecule has 0 N–H and O–H groups in total. The lowest BCUT2D eigenvalue weighted by molar-refractivity contribution is -0.118. The Balaban J connectivity index is 1.49. The maximum Gasteiger partial charge on any atom is 0.250 e. The standard InChI is InChI=1S/C21H25F2N3O3/c1-13(7-14(2)27)12-28-17-3-5-18(6-4-17)29-21-19(23)8-15(9-26-21)20-24-10-16(22)11-25-20/h8-11,13,17-18H,3-7,12H2,1-2H3/t13-,17?,18?/m1/s1. The number of pyridine rings is 1. The monoisotopic (exact) mass is 405 g/mol. The summed E-state index contributed by atoms with van der Waals surface area (Å²) in [4.78, 5) is 22.8. The molecule has 0 amide bonds. The van der Waals surface area contributed by atoms with E-state index in [1.807, 2.05) is 6.92 Å². The molecule has 1 fully saturated rings. The summed E-state index contributed by atoms with van der Waals surface area (Å²) in [6.45, 7) is 4.16. The number of carbonyl (C=O) groups excluding carboxylic acids is 1. The lowest BCUT2D eigenvalue weighted by atomic mass is 9.94. The highest BCUT2D eigenvalue weighted by molar-refractivity contribution is 5.75. The molecule has 6 nitrogen and oxygen atoms in total. The van der Waals surface area contributed by atoms with Gasteiger partial charge in [0.1, 0.15) is 11.9 Å². The first kappa shape index (κ1) is 21.2. The van der Waals surface area contributed by atoms with E-state index in [2.05, 4.69) is 15.0 Å². The Morgan fingerprint density at radius 3 is 2.38 bits per heavy atom. The van der Waals surface area contributed by atoms with Gasteiger partial charge in [-0.05, 0) is 44.6 Å². The minimum Gasteiger partial charge on any atom is -0.472 e. The van der Waals surface area contributed by atoms with Crippen LogP contribution < -0.4 is 4.74 Å². The van der Waals surface area contributed by atoms with Crippen LogP contribution in [-0.2, 0) is 9.53 Å². The van der Waals surface area contributed by atoms with Crippen molar-refractivity contribution < 1.29 is 23.0 Å². The summed E-state index contributed by atoms with van der Waals surface area (Å²) in [7, 11) is 0. The first-order valence-corrected chi connectivity index (χ1v) is 9.82. The van der Waals surface area contributed by atoms with E-state index >= 15 is 0 Å². The number of ether oxygens (including phenoxy) is 2. The van der Waals surface area contributed by atoms with E-state index in [-0.39, 0.29) is 35.6 Å². The fraction of sp³-hybridized carbons (Fsp3) is 0.524. The number of carbonyl (C=O) groups is 1. The summed E-state index contributed by atoms with van der Waals surface area (Å²) in [6, 6.07) is 1.24. The molecule has 0 spiro atoms. The van der Waals surface area contributed by atoms with E-state index in [4.69, 9.17) is 9.47 Å². The second-order valence-electron chi connectivity index (χ2n) is 7.60. The smallest absolute Gasteiger partial charge is 0.250 e. The molecule has 29 heavy (non-hydrogen) atoms. The third kappa shape index (κ3) is 6.25. The highest BCUT2D eigenvalue weighted by Gasteiger charge is 2.25. The largest absolute Gasteiger partial charge is 0.472 e. The zero-order valence-electron chi connectivity index (χ0n) is 16.6. The maximum atomic E-state index is 14.4. The van der Waals surface area contributed by atoms with Gasteiger partial charge in [-0.15, -0.1) is 0 Å². The predicted molar refractivity (Wildman–Crippen MR) is 102 cm³/mol. The van der Waals surface area contributed by atoms with E-state index in [9.17, 15) is 13.6 Å². The van der Waals surface area contributed by atoms with Crippen molar-refractivity contribution >= 4 is 5.78 Å². The van der Waals surface area contributed by atoms with Crippen molar-refractivity contribution in [3.63, 3.8) is 0 Å². The van der Waals surface area contributed by atoms with Crippen LogP contribution in [0, 0.1) is 17.6 Å². The van der Waals surface area contributed by atoms with E-state index in [0.29, 0.717) is 18.6 Å². The molecule has 0 aromatic carbocycles. The summed E-state index contributed by atoms with van der Waals surface area (Å²) in [5.41, 5.74) is 0.353. The van der Waals surface area contributed by atoms with Crippen LogP contribution in [0.2, 0.25) is 0 Å². The number of rotatable bonds is 8. The average Bonchev–Trinajstić information content (AvgIpc) is 2.69. The SMILES string of the molecule is CC(=O)C[C@@H](C)COC1CCC(Oc2ncc(-c3ncc(F)cn3)cc2F)CC1. The van der Waals surface area contributed by atoms with Gasteiger partial charge in [0, 0.05) is 24.8 Å². The lowest BCUT2D eigenvalue weighted by Gasteiger charge is -2.29. The molecular weight excluding hydrogens is 380 g/mol. The van der Waals surface area contributed by atoms with Crippen LogP contribution in [0.3, 0.4) is 0 Å². The van der Waals surface area contributed by atoms with Crippen LogP contribution >= 0.6 is 0 Å². The summed E-state index contributed by atoms with van der Waals surface area (Å²) in [5, 5.41) is 0. The minimum absolute atomic E-state index is 0.0599. The van der Waals surface area contributed by atoms with Gasteiger partial charge in [-0.2, -0.15) is 0 Å². The van der Waals surface area contributed by atoms with E-state index < -0.39 is 11.6 Å². The van der Waals surface area contributed by atoms with Crippen LogP contribution in [0.4, 0.5) is 8.78 Å². The summed E-state index contributed by atoms with van der Waals surface area (Å²) >= 11 is 0. The number of ketones is 1. The Bertz CT molecular complexity index is 824. The first-order chi connectivity index (χ1) is 13.9. The zero-order chi connectivity index (χ0) is 20.8. The highest BCUT2D eigenvalue weighted by Crippen LogP contribution is 2.27. The molecular formula is C21H25F2N3O3. The fourth-order valence-electron chi connectivity index (χ4n) is 3.42. The Hall–Kier alpha value is -2.48. The summed E-state index contributed by atoms with van der Waals surface area (Å²) < 4.78 is 38.9. The van der Waals surface area contributed by atoms with Crippen LogP contribution in [0.5, 0.6) is 5.88 Å². The molecule has 1 saturated carbocycles. The van der Waals surface area contributed by atoms with E-state index in [0.717, 1.165) is 38.1 Å². The highest BCUT2D eigenvalue weighted by atomic mass is 19.1. The Morgan fingerprint density at radius 1 is 1.10 bits per heavy atom. The number of aromatic nitrogens is 3. The van der Waals surface area contributed by atoms with Crippen LogP contribution in [0.25, 0.3) is 11.4 Å². The van der Waals surface area contributed by atoms with Crippen LogP contribution in [-0.4, -0.2) is 39.5 Å². The maximum absolute atomic E-state index is 14.4. The van der Waals surface area contributed by atoms with E-state index in [1.54, 1.807) is 6.92 Å². The van der Waals surface area contributed by atoms with Crippen LogP contribution in [0.1, 0.15) is 46.0 Å². The van der Waals surface area contributed by atoms with Crippen molar-refractivity contribution in [3.8, 4) is 17.3 Å². The van der Waals surface area contributed by atoms with Gasteiger partial charge in [0.2, 0.25) is 0 Å². The van der Waals surface area contributed by atoms with Crippen molar-refractivity contribution in [1.82, 2.24) is 15.0 Å². The summed E-state index contributed by atoms with van der Waals surface area (Å²) in [6.07, 6.45) is 7.13. The lowest BCUT2D eigenvalue weighted by Crippen LogP contribution is -2.30. The molecule has 1 atom stereocenters. The molecule has 0 bridgehead atoms. The topological polar surface area (TPSA) is 74.2 Å². The quantitative estimate of drug-likeness (QED) is 0.657. The minimum atomic E-state index is -0.605. The van der Waals surface area contributed by atoms with Gasteiger partial charge in [0.25, 0.3) is 5.88 Å². The Labute approximate surface area is 168 Å². The molecule has 0 aliphatic heterocycles. The van der Waals surface area contributed by atoms with Gasteiger partial charge in [-0.1, -0.05) is 6.92 Å². The average molecular weight is 405 g/mol. The molecule has 156 valence electrons. The van der Waals surface area contributed by atoms with Gasteiger partial charge < -0.3 is 14.3 Å². The molecule has 1 aliphatic rings. The Morgan fingerprint density at radius 2 is 1.76 bits per heavy atom. The molecule has 0 saturated heterocycles. The van der Waals surface area contributed by atoms with Gasteiger partial charge in [0.05, 0.1) is 18.5 Å². The summed E-state index contributed by atoms with van der Waals surface area (Å²) in [5.74, 6) is -0.647. The van der Waals surface area contributed by atoms with Crippen molar-refractivity contribution in [2.75, 3.05) is 6.61 Å². The van der Waals surface area contributed by atoms with Crippen molar-refractivity contribution in [1.29, 1.82) is 0 Å². The number of hydrogen-bond donors (Lipinski definition) is 0. The molecule has 0 radical (unpaired) electrons. The van der Waals surface area contributed by atoms with Gasteiger partial charge in [0.15, 0.2) is 17.5 Å². The first-order valence-electron chi connectivity index (χ1n) is 9.82. The van der Waals surface area contributed by atoms with Crippen LogP contribution in [0.15, 0.2) is 24.7 Å². The molecule has 3 rings (SSSR count). The molecule has 8 heteroatoms. The number of halogens is 2. The second kappa shape index (κ2) is 9.82. The third-order valence-corrected chi connectivity index (χ3v) is 4.84. The van der Waals surface area contributed by atoms with Crippen molar-refractivity contribution in [3.05, 3.63) is 36.3 Å². The van der Waals surface area contributed by atoms with Gasteiger partial charge >= 0.3 is 0 Å². The molecule has 1 aliphatic carbocycles. The zero-order valence-corrected chi connectivity index (χ0v) is 16.6. The molecule has 0 unspecified atom stereocenters. The number of hydrogen-bond acceptors (Lipinski definition) is 6.